The SMILES string of the molecule is CCn1nnc2c(C)c([C@@H](c3ccc(C)c(CN4C[C@@H](C)Oc5ccccc5S4(=O)=O)c3)C(C)(C)C(=O)Nc3cccnc3)cc(OC)c21. The lowest BCUT2D eigenvalue weighted by Gasteiger charge is -2.35. The summed E-state index contributed by atoms with van der Waals surface area (Å²) in [6.07, 6.45) is 2.91. The first kappa shape index (κ1) is 34.1. The standard InChI is InChI=1S/C37H42N6O5S/c1-8-43-35-31(47-7)19-29(25(4)34(35)40-41-43)33(37(5,6)36(44)39-28-12-11-17-38-20-28)26-16-15-23(2)27(18-26)22-42-21-24(3)48-30-13-9-10-14-32(30)49(42,45)46/h9-20,24,33H,8,21-22H2,1-7H3,(H,39,44)/t24-,33-/m1/s1. The van der Waals surface area contributed by atoms with Gasteiger partial charge >= 0.3 is 0 Å². The zero-order chi connectivity index (χ0) is 35.1. The minimum absolute atomic E-state index is 0.130. The predicted octanol–water partition coefficient (Wildman–Crippen LogP) is 6.24. The van der Waals surface area contributed by atoms with Gasteiger partial charge in [0.15, 0.2) is 0 Å². The average Bonchev–Trinajstić information content (AvgIpc) is 3.49. The molecule has 5 aromatic rings. The highest BCUT2D eigenvalue weighted by molar-refractivity contribution is 7.89. The van der Waals surface area contributed by atoms with Crippen LogP contribution in [-0.2, 0) is 27.9 Å². The van der Waals surface area contributed by atoms with Gasteiger partial charge in [-0.25, -0.2) is 13.1 Å². The van der Waals surface area contributed by atoms with Crippen molar-refractivity contribution >= 4 is 32.7 Å². The maximum Gasteiger partial charge on any atom is 0.247 e. The fourth-order valence-corrected chi connectivity index (χ4v) is 8.32. The van der Waals surface area contributed by atoms with E-state index in [0.29, 0.717) is 29.2 Å². The van der Waals surface area contributed by atoms with Gasteiger partial charge in [0.2, 0.25) is 15.9 Å². The number of ether oxygens (including phenoxy) is 2. The van der Waals surface area contributed by atoms with E-state index in [0.717, 1.165) is 33.3 Å². The molecule has 0 unspecified atom stereocenters. The van der Waals surface area contributed by atoms with Crippen molar-refractivity contribution in [1.82, 2.24) is 24.3 Å². The van der Waals surface area contributed by atoms with Crippen molar-refractivity contribution in [3.05, 3.63) is 101 Å². The highest BCUT2D eigenvalue weighted by Crippen LogP contribution is 2.46. The van der Waals surface area contributed by atoms with Crippen LogP contribution in [0.4, 0.5) is 5.69 Å². The number of anilines is 1. The summed E-state index contributed by atoms with van der Waals surface area (Å²) in [5.41, 5.74) is 5.37. The number of carbonyl (C=O) groups is 1. The molecular weight excluding hydrogens is 641 g/mol. The number of hydrogen-bond acceptors (Lipinski definition) is 8. The molecule has 3 heterocycles. The van der Waals surface area contributed by atoms with E-state index in [2.05, 4.69) is 20.6 Å². The molecule has 1 N–H and O–H groups in total. The molecule has 0 saturated heterocycles. The third-order valence-electron chi connectivity index (χ3n) is 9.41. The van der Waals surface area contributed by atoms with E-state index in [4.69, 9.17) is 9.47 Å². The highest BCUT2D eigenvalue weighted by atomic mass is 32.2. The normalized spacial score (nSPS) is 16.8. The first-order valence-corrected chi connectivity index (χ1v) is 17.8. The number of benzene rings is 3. The lowest BCUT2D eigenvalue weighted by molar-refractivity contribution is -0.124. The average molecular weight is 683 g/mol. The fourth-order valence-electron chi connectivity index (χ4n) is 6.71. The summed E-state index contributed by atoms with van der Waals surface area (Å²) >= 11 is 0. The number of para-hydroxylation sites is 1. The van der Waals surface area contributed by atoms with Gasteiger partial charge in [0.1, 0.15) is 33.5 Å². The molecule has 0 bridgehead atoms. The van der Waals surface area contributed by atoms with Crippen LogP contribution < -0.4 is 14.8 Å². The molecule has 0 aliphatic carbocycles. The fraction of sp³-hybridized carbons (Fsp3) is 0.351. The number of aromatic nitrogens is 4. The predicted molar refractivity (Wildman–Crippen MR) is 188 cm³/mol. The minimum Gasteiger partial charge on any atom is -0.494 e. The molecule has 2 aromatic heterocycles. The summed E-state index contributed by atoms with van der Waals surface area (Å²) in [5.74, 6) is 0.245. The molecule has 6 rings (SSSR count). The van der Waals surface area contributed by atoms with Gasteiger partial charge in [0, 0.05) is 25.2 Å². The van der Waals surface area contributed by atoms with E-state index in [-0.39, 0.29) is 30.0 Å². The number of amides is 1. The van der Waals surface area contributed by atoms with Gasteiger partial charge in [-0.15, -0.1) is 5.10 Å². The van der Waals surface area contributed by atoms with Gasteiger partial charge in [-0.2, -0.15) is 4.31 Å². The number of sulfonamides is 1. The molecule has 49 heavy (non-hydrogen) atoms. The second kappa shape index (κ2) is 13.2. The zero-order valence-corrected chi connectivity index (χ0v) is 29.7. The number of nitrogens with zero attached hydrogens (tertiary/aromatic N) is 5. The molecule has 1 aliphatic rings. The van der Waals surface area contributed by atoms with Crippen molar-refractivity contribution in [1.29, 1.82) is 0 Å². The van der Waals surface area contributed by atoms with Crippen LogP contribution in [0.25, 0.3) is 11.0 Å². The molecule has 0 spiro atoms. The number of pyridine rings is 1. The Kier molecular flexibility index (Phi) is 9.21. The third-order valence-corrected chi connectivity index (χ3v) is 11.3. The molecule has 3 aromatic carbocycles. The van der Waals surface area contributed by atoms with Crippen molar-refractivity contribution in [3.8, 4) is 11.5 Å². The lowest BCUT2D eigenvalue weighted by atomic mass is 9.69. The summed E-state index contributed by atoms with van der Waals surface area (Å²) < 4.78 is 43.1. The molecule has 0 fully saturated rings. The Morgan fingerprint density at radius 3 is 2.61 bits per heavy atom. The first-order valence-electron chi connectivity index (χ1n) is 16.3. The van der Waals surface area contributed by atoms with Crippen molar-refractivity contribution < 1.29 is 22.7 Å². The van der Waals surface area contributed by atoms with E-state index in [1.54, 1.807) is 60.6 Å². The number of hydrogen-bond donors (Lipinski definition) is 1. The van der Waals surface area contributed by atoms with Crippen molar-refractivity contribution in [2.45, 2.75) is 71.5 Å². The van der Waals surface area contributed by atoms with Crippen LogP contribution in [0, 0.1) is 19.3 Å². The van der Waals surface area contributed by atoms with Gasteiger partial charge in [-0.1, -0.05) is 49.4 Å². The number of rotatable bonds is 9. The second-order valence-corrected chi connectivity index (χ2v) is 15.0. The molecule has 0 saturated carbocycles. The van der Waals surface area contributed by atoms with Crippen molar-refractivity contribution in [2.75, 3.05) is 19.0 Å². The van der Waals surface area contributed by atoms with Gasteiger partial charge in [-0.3, -0.25) is 9.78 Å². The molecule has 1 aliphatic heterocycles. The Labute approximate surface area is 287 Å². The Balaban J connectivity index is 1.50. The van der Waals surface area contributed by atoms with Crippen LogP contribution in [0.2, 0.25) is 0 Å². The van der Waals surface area contributed by atoms with E-state index in [1.807, 2.05) is 65.8 Å². The van der Waals surface area contributed by atoms with Crippen LogP contribution in [0.3, 0.4) is 0 Å². The smallest absolute Gasteiger partial charge is 0.247 e. The largest absolute Gasteiger partial charge is 0.494 e. The topological polar surface area (TPSA) is 129 Å². The van der Waals surface area contributed by atoms with Gasteiger partial charge in [0.05, 0.1) is 31.0 Å². The van der Waals surface area contributed by atoms with Crippen molar-refractivity contribution in [3.63, 3.8) is 0 Å². The summed E-state index contributed by atoms with van der Waals surface area (Å²) in [6, 6.07) is 18.3. The van der Waals surface area contributed by atoms with Crippen LogP contribution in [0.5, 0.6) is 11.5 Å². The van der Waals surface area contributed by atoms with Crippen LogP contribution in [-0.4, -0.2) is 58.4 Å². The summed E-state index contributed by atoms with van der Waals surface area (Å²) in [6.45, 7) is 12.6. The van der Waals surface area contributed by atoms with Crippen LogP contribution in [0.1, 0.15) is 61.4 Å². The monoisotopic (exact) mass is 682 g/mol. The molecule has 0 radical (unpaired) electrons. The Hall–Kier alpha value is -4.81. The van der Waals surface area contributed by atoms with Gasteiger partial charge in [-0.05, 0) is 85.8 Å². The Morgan fingerprint density at radius 1 is 1.12 bits per heavy atom. The van der Waals surface area contributed by atoms with E-state index >= 15 is 0 Å². The number of aryl methyl sites for hydroxylation is 3. The van der Waals surface area contributed by atoms with E-state index < -0.39 is 21.4 Å². The highest BCUT2D eigenvalue weighted by Gasteiger charge is 2.41. The van der Waals surface area contributed by atoms with Gasteiger partial charge < -0.3 is 14.8 Å². The number of fused-ring (bicyclic) bond motifs is 2. The second-order valence-electron chi connectivity index (χ2n) is 13.1. The summed E-state index contributed by atoms with van der Waals surface area (Å²) in [7, 11) is -2.25. The summed E-state index contributed by atoms with van der Waals surface area (Å²) in [4.78, 5) is 18.6. The Bertz CT molecular complexity index is 2130. The molecule has 256 valence electrons. The van der Waals surface area contributed by atoms with E-state index in [9.17, 15) is 13.2 Å². The molecule has 1 amide bonds. The van der Waals surface area contributed by atoms with Crippen molar-refractivity contribution in [2.24, 2.45) is 5.41 Å². The van der Waals surface area contributed by atoms with Crippen LogP contribution >= 0.6 is 0 Å². The third kappa shape index (κ3) is 6.26. The maximum absolute atomic E-state index is 14.2. The molecule has 2 atom stereocenters. The molecule has 12 heteroatoms. The molecule has 11 nitrogen and oxygen atoms in total. The summed E-state index contributed by atoms with van der Waals surface area (Å²) in [5, 5.41) is 12.0. The first-order chi connectivity index (χ1) is 23.4. The zero-order valence-electron chi connectivity index (χ0n) is 28.9. The number of methoxy groups -OCH3 is 1. The van der Waals surface area contributed by atoms with E-state index in [1.165, 1.54) is 4.31 Å². The van der Waals surface area contributed by atoms with Crippen LogP contribution in [0.15, 0.2) is 78.0 Å². The minimum atomic E-state index is -3.86. The Morgan fingerprint density at radius 2 is 1.90 bits per heavy atom. The maximum atomic E-state index is 14.2. The lowest BCUT2D eigenvalue weighted by Crippen LogP contribution is -2.37. The quantitative estimate of drug-likeness (QED) is 0.194. The van der Waals surface area contributed by atoms with Gasteiger partial charge in [0.25, 0.3) is 0 Å². The number of carbonyl (C=O) groups excluding carboxylic acids is 1. The molecular formula is C37H42N6O5S. The number of nitrogens with one attached hydrogen (secondary N) is 1.